The molecule has 0 radical (unpaired) electrons. The second-order valence-electron chi connectivity index (χ2n) is 5.56. The van der Waals surface area contributed by atoms with Crippen LogP contribution in [0.25, 0.3) is 0 Å². The fourth-order valence-electron chi connectivity index (χ4n) is 2.38. The lowest BCUT2D eigenvalue weighted by Crippen LogP contribution is -2.43. The quantitative estimate of drug-likeness (QED) is 0.684. The predicted molar refractivity (Wildman–Crippen MR) is 66.6 cm³/mol. The lowest BCUT2D eigenvalue weighted by molar-refractivity contribution is -0.228. The average Bonchev–Trinajstić information content (AvgIpc) is 2.81. The van der Waals surface area contributed by atoms with Crippen LogP contribution < -0.4 is 0 Å². The second kappa shape index (κ2) is 5.95. The first-order chi connectivity index (χ1) is 9.34. The van der Waals surface area contributed by atoms with Gasteiger partial charge in [0.2, 0.25) is 0 Å². The van der Waals surface area contributed by atoms with Crippen LogP contribution in [0.4, 0.5) is 0 Å². The van der Waals surface area contributed by atoms with Gasteiger partial charge < -0.3 is 29.2 Å². The number of aliphatic hydroxyl groups excluding tert-OH is 2. The van der Waals surface area contributed by atoms with Crippen molar-refractivity contribution in [1.82, 2.24) is 0 Å². The van der Waals surface area contributed by atoms with E-state index in [1.807, 2.05) is 6.92 Å². The molecule has 7 nitrogen and oxygen atoms in total. The van der Waals surface area contributed by atoms with E-state index in [9.17, 15) is 15.0 Å². The van der Waals surface area contributed by atoms with Crippen molar-refractivity contribution in [3.63, 3.8) is 0 Å². The predicted octanol–water partition coefficient (Wildman–Crippen LogP) is -0.0721. The topological polar surface area (TPSA) is 94.5 Å². The first-order valence-corrected chi connectivity index (χ1v) is 6.87. The third-order valence-electron chi connectivity index (χ3n) is 3.30. The minimum atomic E-state index is -1.12. The average molecular weight is 290 g/mol. The van der Waals surface area contributed by atoms with Gasteiger partial charge in [0, 0.05) is 6.42 Å². The molecule has 5 unspecified atom stereocenters. The minimum Gasteiger partial charge on any atom is -0.463 e. The molecule has 0 aromatic carbocycles. The van der Waals surface area contributed by atoms with Crippen molar-refractivity contribution in [2.24, 2.45) is 0 Å². The molecule has 0 aliphatic carbocycles. The SMILES string of the molecule is CCCC(=O)OCC(O)C1OC2OC(C)(C)OC2C1O. The van der Waals surface area contributed by atoms with Gasteiger partial charge in [0.05, 0.1) is 0 Å². The third kappa shape index (κ3) is 3.29. The fraction of sp³-hybridized carbons (Fsp3) is 0.923. The molecule has 7 heteroatoms. The van der Waals surface area contributed by atoms with E-state index in [4.69, 9.17) is 18.9 Å². The summed E-state index contributed by atoms with van der Waals surface area (Å²) >= 11 is 0. The molecule has 0 saturated carbocycles. The molecule has 0 aromatic rings. The molecule has 2 fully saturated rings. The molecule has 116 valence electrons. The summed E-state index contributed by atoms with van der Waals surface area (Å²) < 4.78 is 21.3. The number of aliphatic hydroxyl groups is 2. The normalized spacial score (nSPS) is 36.6. The zero-order valence-electron chi connectivity index (χ0n) is 11.9. The van der Waals surface area contributed by atoms with Crippen LogP contribution in [0.2, 0.25) is 0 Å². The van der Waals surface area contributed by atoms with Gasteiger partial charge in [0.1, 0.15) is 31.0 Å². The number of ether oxygens (including phenoxy) is 4. The highest BCUT2D eigenvalue weighted by Gasteiger charge is 2.55. The van der Waals surface area contributed by atoms with E-state index < -0.39 is 36.5 Å². The summed E-state index contributed by atoms with van der Waals surface area (Å²) in [5, 5.41) is 20.0. The molecule has 2 heterocycles. The van der Waals surface area contributed by atoms with Gasteiger partial charge in [-0.1, -0.05) is 6.92 Å². The summed E-state index contributed by atoms with van der Waals surface area (Å²) in [6.07, 6.45) is -3.42. The number of esters is 1. The number of carbonyl (C=O) groups excluding carboxylic acids is 1. The molecule has 0 aromatic heterocycles. The summed E-state index contributed by atoms with van der Waals surface area (Å²) in [5.74, 6) is -1.20. The van der Waals surface area contributed by atoms with Crippen LogP contribution in [0.3, 0.4) is 0 Å². The Balaban J connectivity index is 1.84. The van der Waals surface area contributed by atoms with Gasteiger partial charge in [0.25, 0.3) is 0 Å². The first kappa shape index (κ1) is 15.7. The van der Waals surface area contributed by atoms with Crippen molar-refractivity contribution in [3.8, 4) is 0 Å². The molecule has 20 heavy (non-hydrogen) atoms. The number of rotatable bonds is 5. The largest absolute Gasteiger partial charge is 0.463 e. The first-order valence-electron chi connectivity index (χ1n) is 6.87. The third-order valence-corrected chi connectivity index (χ3v) is 3.30. The molecule has 0 amide bonds. The molecule has 2 aliphatic heterocycles. The van der Waals surface area contributed by atoms with Crippen LogP contribution in [0, 0.1) is 0 Å². The Morgan fingerprint density at radius 2 is 2.10 bits per heavy atom. The molecule has 5 atom stereocenters. The summed E-state index contributed by atoms with van der Waals surface area (Å²) in [5.41, 5.74) is 0. The van der Waals surface area contributed by atoms with Gasteiger partial charge in [-0.15, -0.1) is 0 Å². The molecular weight excluding hydrogens is 268 g/mol. The zero-order chi connectivity index (χ0) is 14.9. The lowest BCUT2D eigenvalue weighted by atomic mass is 10.1. The van der Waals surface area contributed by atoms with E-state index in [0.717, 1.165) is 0 Å². The van der Waals surface area contributed by atoms with Gasteiger partial charge in [0.15, 0.2) is 12.1 Å². The van der Waals surface area contributed by atoms with Gasteiger partial charge in [-0.25, -0.2) is 0 Å². The monoisotopic (exact) mass is 290 g/mol. The Hall–Kier alpha value is -0.730. The van der Waals surface area contributed by atoms with E-state index in [1.54, 1.807) is 13.8 Å². The maximum atomic E-state index is 11.2. The Kier molecular flexibility index (Phi) is 4.66. The fourth-order valence-corrected chi connectivity index (χ4v) is 2.38. The van der Waals surface area contributed by atoms with Crippen molar-refractivity contribution >= 4 is 5.97 Å². The Labute approximate surface area is 117 Å². The Morgan fingerprint density at radius 3 is 2.70 bits per heavy atom. The standard InChI is InChI=1S/C13H22O7/c1-4-5-8(15)17-6-7(14)10-9(16)11-12(18-10)20-13(2,3)19-11/h7,9-12,14,16H,4-6H2,1-3H3. The highest BCUT2D eigenvalue weighted by Crippen LogP contribution is 2.38. The van der Waals surface area contributed by atoms with Crippen LogP contribution >= 0.6 is 0 Å². The number of hydrogen-bond acceptors (Lipinski definition) is 7. The van der Waals surface area contributed by atoms with E-state index >= 15 is 0 Å². The van der Waals surface area contributed by atoms with Crippen LogP contribution in [0.15, 0.2) is 0 Å². The summed E-state index contributed by atoms with van der Waals surface area (Å²) in [4.78, 5) is 11.2. The molecule has 2 saturated heterocycles. The Bertz CT molecular complexity index is 357. The second-order valence-corrected chi connectivity index (χ2v) is 5.56. The van der Waals surface area contributed by atoms with E-state index in [0.29, 0.717) is 12.8 Å². The van der Waals surface area contributed by atoms with Crippen molar-refractivity contribution in [3.05, 3.63) is 0 Å². The summed E-state index contributed by atoms with van der Waals surface area (Å²) in [7, 11) is 0. The Morgan fingerprint density at radius 1 is 1.40 bits per heavy atom. The minimum absolute atomic E-state index is 0.219. The van der Waals surface area contributed by atoms with Crippen LogP contribution in [0.1, 0.15) is 33.6 Å². The highest BCUT2D eigenvalue weighted by atomic mass is 16.8. The van der Waals surface area contributed by atoms with Gasteiger partial charge in [-0.3, -0.25) is 4.79 Å². The summed E-state index contributed by atoms with van der Waals surface area (Å²) in [6, 6.07) is 0. The van der Waals surface area contributed by atoms with Crippen LogP contribution in [0.5, 0.6) is 0 Å². The van der Waals surface area contributed by atoms with Crippen LogP contribution in [-0.4, -0.2) is 59.3 Å². The number of fused-ring (bicyclic) bond motifs is 1. The number of hydrogen-bond donors (Lipinski definition) is 2. The highest BCUT2D eigenvalue weighted by molar-refractivity contribution is 5.69. The molecule has 0 bridgehead atoms. The van der Waals surface area contributed by atoms with Crippen molar-refractivity contribution < 1.29 is 34.0 Å². The van der Waals surface area contributed by atoms with Gasteiger partial charge in [-0.05, 0) is 20.3 Å². The smallest absolute Gasteiger partial charge is 0.305 e. The molecule has 0 spiro atoms. The van der Waals surface area contributed by atoms with Crippen LogP contribution in [-0.2, 0) is 23.7 Å². The number of carbonyl (C=O) groups is 1. The summed E-state index contributed by atoms with van der Waals surface area (Å²) in [6.45, 7) is 5.08. The van der Waals surface area contributed by atoms with Gasteiger partial charge in [-0.2, -0.15) is 0 Å². The molecule has 2 aliphatic rings. The van der Waals surface area contributed by atoms with Crippen molar-refractivity contribution in [1.29, 1.82) is 0 Å². The molecular formula is C13H22O7. The van der Waals surface area contributed by atoms with Crippen molar-refractivity contribution in [2.75, 3.05) is 6.61 Å². The van der Waals surface area contributed by atoms with E-state index in [2.05, 4.69) is 0 Å². The maximum absolute atomic E-state index is 11.2. The maximum Gasteiger partial charge on any atom is 0.305 e. The molecule has 2 N–H and O–H groups in total. The van der Waals surface area contributed by atoms with Gasteiger partial charge >= 0.3 is 5.97 Å². The van der Waals surface area contributed by atoms with E-state index in [-0.39, 0.29) is 12.6 Å². The lowest BCUT2D eigenvalue weighted by Gasteiger charge is -2.25. The van der Waals surface area contributed by atoms with E-state index in [1.165, 1.54) is 0 Å². The molecule has 2 rings (SSSR count). The zero-order valence-corrected chi connectivity index (χ0v) is 11.9. The van der Waals surface area contributed by atoms with Crippen molar-refractivity contribution in [2.45, 2.75) is 70.1 Å².